The van der Waals surface area contributed by atoms with Crippen molar-refractivity contribution in [3.05, 3.63) is 35.4 Å². The quantitative estimate of drug-likeness (QED) is 0.857. The molecule has 8 heteroatoms. The second kappa shape index (κ2) is 5.45. The molecule has 106 valence electrons. The third-order valence-corrected chi connectivity index (χ3v) is 4.06. The molecular formula is C12H12F2N4OS. The van der Waals surface area contributed by atoms with Crippen molar-refractivity contribution in [3.63, 3.8) is 0 Å². The summed E-state index contributed by atoms with van der Waals surface area (Å²) in [6, 6.07) is 3.48. The van der Waals surface area contributed by atoms with Crippen LogP contribution >= 0.6 is 11.8 Å². The molecule has 5 nitrogen and oxygen atoms in total. The van der Waals surface area contributed by atoms with E-state index in [0.717, 1.165) is 25.0 Å². The van der Waals surface area contributed by atoms with Crippen LogP contribution in [0.1, 0.15) is 30.6 Å². The summed E-state index contributed by atoms with van der Waals surface area (Å²) in [6.07, 6.45) is 1.06. The Morgan fingerprint density at radius 1 is 1.40 bits per heavy atom. The molecule has 1 unspecified atom stereocenters. The molecule has 1 aromatic carbocycles. The average Bonchev–Trinajstić information content (AvgIpc) is 3.15. The fourth-order valence-electron chi connectivity index (χ4n) is 1.84. The molecule has 20 heavy (non-hydrogen) atoms. The number of hydrogen-bond acceptors (Lipinski definition) is 5. The van der Waals surface area contributed by atoms with Crippen molar-refractivity contribution in [2.45, 2.75) is 30.1 Å². The summed E-state index contributed by atoms with van der Waals surface area (Å²) in [5.41, 5.74) is 0.0735. The Kier molecular flexibility index (Phi) is 3.66. The molecule has 1 aromatic heterocycles. The topological polar surface area (TPSA) is 63.8 Å². The van der Waals surface area contributed by atoms with E-state index < -0.39 is 17.7 Å². The van der Waals surface area contributed by atoms with Gasteiger partial charge in [0.25, 0.3) is 0 Å². The number of hydrogen-bond donors (Lipinski definition) is 1. The maximum atomic E-state index is 13.5. The van der Waals surface area contributed by atoms with Crippen molar-refractivity contribution in [1.29, 1.82) is 0 Å². The lowest BCUT2D eigenvalue weighted by Crippen LogP contribution is -2.06. The molecule has 1 saturated carbocycles. The van der Waals surface area contributed by atoms with Gasteiger partial charge in [0.15, 0.2) is 0 Å². The fourth-order valence-corrected chi connectivity index (χ4v) is 2.74. The third kappa shape index (κ3) is 2.80. The molecular weight excluding hydrogens is 286 g/mol. The molecule has 1 atom stereocenters. The number of aromatic nitrogens is 4. The zero-order valence-corrected chi connectivity index (χ0v) is 11.2. The first-order valence-electron chi connectivity index (χ1n) is 6.19. The SMILES string of the molecule is OC(CSc1nnnn1C1CC1)c1ccc(F)cc1F. The molecule has 0 aliphatic heterocycles. The minimum Gasteiger partial charge on any atom is -0.387 e. The number of benzene rings is 1. The van der Waals surface area contributed by atoms with Crippen LogP contribution in [0.3, 0.4) is 0 Å². The second-order valence-electron chi connectivity index (χ2n) is 4.63. The van der Waals surface area contributed by atoms with Gasteiger partial charge in [0.05, 0.1) is 12.1 Å². The highest BCUT2D eigenvalue weighted by Crippen LogP contribution is 2.37. The van der Waals surface area contributed by atoms with E-state index in [2.05, 4.69) is 15.5 Å². The van der Waals surface area contributed by atoms with E-state index in [0.29, 0.717) is 11.2 Å². The number of nitrogens with zero attached hydrogens (tertiary/aromatic N) is 4. The lowest BCUT2D eigenvalue weighted by Gasteiger charge is -2.11. The maximum Gasteiger partial charge on any atom is 0.209 e. The fraction of sp³-hybridized carbons (Fsp3) is 0.417. The Bertz CT molecular complexity index is 617. The van der Waals surface area contributed by atoms with Gasteiger partial charge in [-0.25, -0.2) is 13.5 Å². The van der Waals surface area contributed by atoms with E-state index in [1.54, 1.807) is 4.68 Å². The third-order valence-electron chi connectivity index (χ3n) is 3.05. The monoisotopic (exact) mass is 298 g/mol. The Morgan fingerprint density at radius 3 is 2.90 bits per heavy atom. The van der Waals surface area contributed by atoms with Crippen LogP contribution in [-0.4, -0.2) is 31.1 Å². The molecule has 0 saturated heterocycles. The Balaban J connectivity index is 1.66. The Morgan fingerprint density at radius 2 is 2.20 bits per heavy atom. The van der Waals surface area contributed by atoms with Gasteiger partial charge in [-0.15, -0.1) is 5.10 Å². The second-order valence-corrected chi connectivity index (χ2v) is 5.62. The van der Waals surface area contributed by atoms with Gasteiger partial charge < -0.3 is 5.11 Å². The van der Waals surface area contributed by atoms with Crippen molar-refractivity contribution in [3.8, 4) is 0 Å². The van der Waals surface area contributed by atoms with Gasteiger partial charge in [-0.2, -0.15) is 0 Å². The van der Waals surface area contributed by atoms with Crippen molar-refractivity contribution >= 4 is 11.8 Å². The molecule has 0 bridgehead atoms. The van der Waals surface area contributed by atoms with Gasteiger partial charge in [-0.3, -0.25) is 0 Å². The molecule has 0 amide bonds. The summed E-state index contributed by atoms with van der Waals surface area (Å²) >= 11 is 1.25. The van der Waals surface area contributed by atoms with Gasteiger partial charge in [0, 0.05) is 17.4 Å². The highest BCUT2D eigenvalue weighted by Gasteiger charge is 2.28. The first-order valence-corrected chi connectivity index (χ1v) is 7.17. The van der Waals surface area contributed by atoms with E-state index >= 15 is 0 Å². The smallest absolute Gasteiger partial charge is 0.209 e. The standard InChI is InChI=1S/C12H12F2N4OS/c13-7-1-4-9(10(14)5-7)11(19)6-20-12-15-16-17-18(12)8-2-3-8/h1,4-5,8,11,19H,2-3,6H2. The summed E-state index contributed by atoms with van der Waals surface area (Å²) in [5, 5.41) is 21.9. The number of halogens is 2. The van der Waals surface area contributed by atoms with E-state index in [4.69, 9.17) is 0 Å². The van der Waals surface area contributed by atoms with Crippen LogP contribution in [0.2, 0.25) is 0 Å². The van der Waals surface area contributed by atoms with Crippen molar-refractivity contribution in [1.82, 2.24) is 20.2 Å². The first-order chi connectivity index (χ1) is 9.65. The number of tetrazole rings is 1. The molecule has 0 radical (unpaired) electrons. The van der Waals surface area contributed by atoms with Crippen molar-refractivity contribution in [2.24, 2.45) is 0 Å². The van der Waals surface area contributed by atoms with Gasteiger partial charge in [0.2, 0.25) is 5.16 Å². The van der Waals surface area contributed by atoms with Crippen LogP contribution in [0, 0.1) is 11.6 Å². The largest absolute Gasteiger partial charge is 0.387 e. The Hall–Kier alpha value is -1.54. The normalized spacial score (nSPS) is 16.4. The summed E-state index contributed by atoms with van der Waals surface area (Å²) < 4.78 is 28.1. The summed E-state index contributed by atoms with van der Waals surface area (Å²) in [5.74, 6) is -1.21. The van der Waals surface area contributed by atoms with E-state index in [9.17, 15) is 13.9 Å². The van der Waals surface area contributed by atoms with E-state index in [1.165, 1.54) is 17.8 Å². The summed E-state index contributed by atoms with van der Waals surface area (Å²) in [4.78, 5) is 0. The number of rotatable bonds is 5. The number of thioether (sulfide) groups is 1. The maximum absolute atomic E-state index is 13.5. The highest BCUT2D eigenvalue weighted by molar-refractivity contribution is 7.99. The van der Waals surface area contributed by atoms with Gasteiger partial charge in [-0.1, -0.05) is 17.8 Å². The minimum absolute atomic E-state index is 0.0735. The van der Waals surface area contributed by atoms with Crippen LogP contribution in [-0.2, 0) is 0 Å². The zero-order valence-electron chi connectivity index (χ0n) is 10.4. The first kappa shape index (κ1) is 13.4. The molecule has 2 aromatic rings. The van der Waals surface area contributed by atoms with Crippen molar-refractivity contribution in [2.75, 3.05) is 5.75 Å². The highest BCUT2D eigenvalue weighted by atomic mass is 32.2. The van der Waals surface area contributed by atoms with E-state index in [1.807, 2.05) is 0 Å². The van der Waals surface area contributed by atoms with Crippen LogP contribution in [0.4, 0.5) is 8.78 Å². The predicted octanol–water partition coefficient (Wildman–Crippen LogP) is 2.11. The molecule has 3 rings (SSSR count). The number of aliphatic hydroxyl groups is 1. The molecule has 1 heterocycles. The van der Waals surface area contributed by atoms with Crippen LogP contribution < -0.4 is 0 Å². The number of aliphatic hydroxyl groups excluding tert-OH is 1. The van der Waals surface area contributed by atoms with Gasteiger partial charge in [0.1, 0.15) is 11.6 Å². The average molecular weight is 298 g/mol. The predicted molar refractivity (Wildman–Crippen MR) is 68.1 cm³/mol. The molecule has 1 N–H and O–H groups in total. The van der Waals surface area contributed by atoms with Crippen LogP contribution in [0.25, 0.3) is 0 Å². The lowest BCUT2D eigenvalue weighted by molar-refractivity contribution is 0.198. The van der Waals surface area contributed by atoms with Gasteiger partial charge >= 0.3 is 0 Å². The molecule has 1 aliphatic carbocycles. The zero-order chi connectivity index (χ0) is 14.1. The lowest BCUT2D eigenvalue weighted by atomic mass is 10.1. The Labute approximate surface area is 118 Å². The molecule has 1 fully saturated rings. The summed E-state index contributed by atoms with van der Waals surface area (Å²) in [7, 11) is 0. The van der Waals surface area contributed by atoms with Crippen molar-refractivity contribution < 1.29 is 13.9 Å². The molecule has 0 spiro atoms. The summed E-state index contributed by atoms with van der Waals surface area (Å²) in [6.45, 7) is 0. The van der Waals surface area contributed by atoms with Gasteiger partial charge in [-0.05, 0) is 29.3 Å². The van der Waals surface area contributed by atoms with E-state index in [-0.39, 0.29) is 11.3 Å². The van der Waals surface area contributed by atoms with Crippen LogP contribution in [0.15, 0.2) is 23.4 Å². The minimum atomic E-state index is -1.04. The van der Waals surface area contributed by atoms with Crippen LogP contribution in [0.5, 0.6) is 0 Å². The molecule has 1 aliphatic rings.